The van der Waals surface area contributed by atoms with Gasteiger partial charge in [0, 0.05) is 5.56 Å². The maximum absolute atomic E-state index is 10.9. The van der Waals surface area contributed by atoms with Gasteiger partial charge in [0.15, 0.2) is 0 Å². The highest BCUT2D eigenvalue weighted by Crippen LogP contribution is 2.28. The fraction of sp³-hybridized carbons (Fsp3) is 0.562. The van der Waals surface area contributed by atoms with Gasteiger partial charge in [-0.3, -0.25) is 4.79 Å². The van der Waals surface area contributed by atoms with Gasteiger partial charge in [-0.1, -0.05) is 17.7 Å². The zero-order chi connectivity index (χ0) is 14.5. The van der Waals surface area contributed by atoms with Crippen LogP contribution in [0.3, 0.4) is 0 Å². The average molecular weight is 278 g/mol. The Morgan fingerprint density at radius 2 is 2.00 bits per heavy atom. The minimum absolute atomic E-state index is 0.163. The van der Waals surface area contributed by atoms with Gasteiger partial charge >= 0.3 is 5.97 Å². The first kappa shape index (κ1) is 14.9. The summed E-state index contributed by atoms with van der Waals surface area (Å²) in [6, 6.07) is 6.04. The van der Waals surface area contributed by atoms with E-state index in [-0.39, 0.29) is 12.0 Å². The zero-order valence-corrected chi connectivity index (χ0v) is 12.1. The monoisotopic (exact) mass is 278 g/mol. The van der Waals surface area contributed by atoms with E-state index >= 15 is 0 Å². The summed E-state index contributed by atoms with van der Waals surface area (Å²) in [5.41, 5.74) is 2.23. The molecule has 1 aliphatic carbocycles. The van der Waals surface area contributed by atoms with E-state index < -0.39 is 5.97 Å². The molecule has 0 amide bonds. The molecule has 0 aromatic heterocycles. The van der Waals surface area contributed by atoms with E-state index in [9.17, 15) is 4.79 Å². The molecule has 0 aliphatic heterocycles. The predicted molar refractivity (Wildman–Crippen MR) is 75.9 cm³/mol. The van der Waals surface area contributed by atoms with E-state index in [1.165, 1.54) is 5.56 Å². The highest BCUT2D eigenvalue weighted by atomic mass is 16.5. The molecule has 4 heteroatoms. The van der Waals surface area contributed by atoms with E-state index in [1.54, 1.807) is 7.11 Å². The fourth-order valence-electron chi connectivity index (χ4n) is 2.70. The summed E-state index contributed by atoms with van der Waals surface area (Å²) in [5.74, 6) is -0.0259. The Morgan fingerprint density at radius 3 is 2.60 bits per heavy atom. The van der Waals surface area contributed by atoms with Gasteiger partial charge in [0.2, 0.25) is 0 Å². The van der Waals surface area contributed by atoms with E-state index in [0.717, 1.165) is 24.2 Å². The molecule has 110 valence electrons. The van der Waals surface area contributed by atoms with Crippen LogP contribution in [0.5, 0.6) is 5.75 Å². The molecule has 2 rings (SSSR count). The first-order valence-electron chi connectivity index (χ1n) is 7.08. The van der Waals surface area contributed by atoms with Crippen LogP contribution in [0.15, 0.2) is 18.2 Å². The van der Waals surface area contributed by atoms with Crippen molar-refractivity contribution in [1.29, 1.82) is 0 Å². The number of ether oxygens (including phenoxy) is 2. The molecule has 0 saturated heterocycles. The molecular formula is C16H22O4. The Kier molecular flexibility index (Phi) is 5.01. The Morgan fingerprint density at radius 1 is 1.30 bits per heavy atom. The van der Waals surface area contributed by atoms with Crippen molar-refractivity contribution in [1.82, 2.24) is 0 Å². The van der Waals surface area contributed by atoms with Crippen molar-refractivity contribution in [3.05, 3.63) is 29.3 Å². The van der Waals surface area contributed by atoms with Gasteiger partial charge in [-0.05, 0) is 38.7 Å². The lowest BCUT2D eigenvalue weighted by Crippen LogP contribution is -2.26. The van der Waals surface area contributed by atoms with Crippen LogP contribution in [0, 0.1) is 12.8 Å². The summed E-state index contributed by atoms with van der Waals surface area (Å²) in [5, 5.41) is 8.97. The van der Waals surface area contributed by atoms with Gasteiger partial charge < -0.3 is 14.6 Å². The molecular weight excluding hydrogens is 256 g/mol. The second kappa shape index (κ2) is 6.75. The molecule has 0 atom stereocenters. The van der Waals surface area contributed by atoms with Crippen LogP contribution in [-0.2, 0) is 16.1 Å². The lowest BCUT2D eigenvalue weighted by Gasteiger charge is -2.26. The summed E-state index contributed by atoms with van der Waals surface area (Å²) in [6.45, 7) is 2.56. The molecule has 0 unspecified atom stereocenters. The smallest absolute Gasteiger partial charge is 0.306 e. The third-order valence-electron chi connectivity index (χ3n) is 3.93. The van der Waals surface area contributed by atoms with Crippen molar-refractivity contribution in [3.63, 3.8) is 0 Å². The fourth-order valence-corrected chi connectivity index (χ4v) is 2.70. The van der Waals surface area contributed by atoms with Crippen molar-refractivity contribution >= 4 is 5.97 Å². The van der Waals surface area contributed by atoms with E-state index in [0.29, 0.717) is 19.4 Å². The Hall–Kier alpha value is -1.55. The molecule has 1 saturated carbocycles. The number of carbonyl (C=O) groups is 1. The van der Waals surface area contributed by atoms with Gasteiger partial charge in [-0.25, -0.2) is 0 Å². The number of aryl methyl sites for hydroxylation is 1. The van der Waals surface area contributed by atoms with E-state index in [1.807, 2.05) is 19.1 Å². The number of carboxylic acid groups (broad SMARTS) is 1. The average Bonchev–Trinajstić information content (AvgIpc) is 2.45. The van der Waals surface area contributed by atoms with Crippen LogP contribution in [0.4, 0.5) is 0 Å². The Bertz CT molecular complexity index is 462. The topological polar surface area (TPSA) is 55.8 Å². The molecule has 1 fully saturated rings. The van der Waals surface area contributed by atoms with Gasteiger partial charge in [0.1, 0.15) is 5.75 Å². The zero-order valence-electron chi connectivity index (χ0n) is 12.1. The molecule has 0 radical (unpaired) electrons. The van der Waals surface area contributed by atoms with Crippen LogP contribution in [0.25, 0.3) is 0 Å². The normalized spacial score (nSPS) is 22.5. The van der Waals surface area contributed by atoms with Crippen LogP contribution in [0.2, 0.25) is 0 Å². The van der Waals surface area contributed by atoms with Crippen molar-refractivity contribution < 1.29 is 19.4 Å². The van der Waals surface area contributed by atoms with Gasteiger partial charge in [-0.2, -0.15) is 0 Å². The number of aliphatic carboxylic acids is 1. The SMILES string of the molecule is COc1ccc(C)cc1COC1CCC(C(=O)O)CC1. The maximum atomic E-state index is 10.9. The number of methoxy groups -OCH3 is 1. The second-order valence-electron chi connectivity index (χ2n) is 5.44. The van der Waals surface area contributed by atoms with Gasteiger partial charge in [-0.15, -0.1) is 0 Å². The van der Waals surface area contributed by atoms with Crippen LogP contribution in [-0.4, -0.2) is 24.3 Å². The van der Waals surface area contributed by atoms with Crippen LogP contribution >= 0.6 is 0 Å². The van der Waals surface area contributed by atoms with Crippen LogP contribution in [0.1, 0.15) is 36.8 Å². The molecule has 0 bridgehead atoms. The first-order chi connectivity index (χ1) is 9.60. The lowest BCUT2D eigenvalue weighted by atomic mass is 9.87. The Balaban J connectivity index is 1.87. The van der Waals surface area contributed by atoms with Crippen molar-refractivity contribution in [2.75, 3.05) is 7.11 Å². The highest BCUT2D eigenvalue weighted by molar-refractivity contribution is 5.70. The second-order valence-corrected chi connectivity index (χ2v) is 5.44. The third-order valence-corrected chi connectivity index (χ3v) is 3.93. The van der Waals surface area contributed by atoms with Gasteiger partial charge in [0.25, 0.3) is 0 Å². The standard InChI is InChI=1S/C16H22O4/c1-11-3-8-15(19-2)13(9-11)10-20-14-6-4-12(5-7-14)16(17)18/h3,8-9,12,14H,4-7,10H2,1-2H3,(H,17,18). The summed E-state index contributed by atoms with van der Waals surface area (Å²) in [6.07, 6.45) is 3.24. The van der Waals surface area contributed by atoms with Crippen molar-refractivity contribution in [3.8, 4) is 5.75 Å². The maximum Gasteiger partial charge on any atom is 0.306 e. The molecule has 1 aromatic rings. The minimum Gasteiger partial charge on any atom is -0.496 e. The van der Waals surface area contributed by atoms with Crippen molar-refractivity contribution in [2.24, 2.45) is 5.92 Å². The summed E-state index contributed by atoms with van der Waals surface area (Å²) in [7, 11) is 1.66. The minimum atomic E-state index is -0.677. The third kappa shape index (κ3) is 3.73. The molecule has 1 N–H and O–H groups in total. The molecule has 1 aliphatic rings. The molecule has 20 heavy (non-hydrogen) atoms. The largest absolute Gasteiger partial charge is 0.496 e. The highest BCUT2D eigenvalue weighted by Gasteiger charge is 2.26. The van der Waals surface area contributed by atoms with Crippen LogP contribution < -0.4 is 4.74 Å². The number of rotatable bonds is 5. The van der Waals surface area contributed by atoms with Crippen molar-refractivity contribution in [2.45, 2.75) is 45.3 Å². The summed E-state index contributed by atoms with van der Waals surface area (Å²) in [4.78, 5) is 10.9. The molecule has 0 heterocycles. The molecule has 1 aromatic carbocycles. The Labute approximate surface area is 119 Å². The summed E-state index contributed by atoms with van der Waals surface area (Å²) < 4.78 is 11.3. The number of hydrogen-bond donors (Lipinski definition) is 1. The number of carboxylic acids is 1. The van der Waals surface area contributed by atoms with E-state index in [2.05, 4.69) is 6.07 Å². The molecule has 0 spiro atoms. The number of benzene rings is 1. The summed E-state index contributed by atoms with van der Waals surface area (Å²) >= 11 is 0. The quantitative estimate of drug-likeness (QED) is 0.899. The lowest BCUT2D eigenvalue weighted by molar-refractivity contribution is -0.143. The van der Waals surface area contributed by atoms with E-state index in [4.69, 9.17) is 14.6 Å². The number of hydrogen-bond acceptors (Lipinski definition) is 3. The predicted octanol–water partition coefficient (Wildman–Crippen LogP) is 3.16. The first-order valence-corrected chi connectivity index (χ1v) is 7.08. The molecule has 4 nitrogen and oxygen atoms in total. The van der Waals surface area contributed by atoms with Gasteiger partial charge in [0.05, 0.1) is 25.7 Å².